The maximum absolute atomic E-state index is 3.88. The van der Waals surface area contributed by atoms with Crippen molar-refractivity contribution in [3.05, 3.63) is 42.5 Å². The molecule has 0 unspecified atom stereocenters. The van der Waals surface area contributed by atoms with Crippen LogP contribution in [0.25, 0.3) is 0 Å². The Bertz CT molecular complexity index is 251. The van der Waals surface area contributed by atoms with Crippen LogP contribution in [-0.2, 0) is 0 Å². The molecule has 1 aromatic carbocycles. The molecule has 0 saturated carbocycles. The molecule has 0 spiro atoms. The minimum Gasteiger partial charge on any atom is -0.371 e. The topological polar surface area (TPSA) is 3.24 Å². The van der Waals surface area contributed by atoms with Crippen LogP contribution in [0.15, 0.2) is 42.5 Å². The van der Waals surface area contributed by atoms with E-state index < -0.39 is 0 Å². The normalized spacial score (nSPS) is 9.50. The van der Waals surface area contributed by atoms with Crippen LogP contribution in [0, 0.1) is 0 Å². The van der Waals surface area contributed by atoms with E-state index in [2.05, 4.69) is 30.7 Å². The summed E-state index contributed by atoms with van der Waals surface area (Å²) in [6.45, 7) is 6.84. The maximum Gasteiger partial charge on any atom is 0.0380 e. The highest BCUT2D eigenvalue weighted by Crippen LogP contribution is 2.11. The second-order valence-electron chi connectivity index (χ2n) is 3.15. The van der Waals surface area contributed by atoms with Crippen LogP contribution < -0.4 is 4.90 Å². The summed E-state index contributed by atoms with van der Waals surface area (Å²) in [7, 11) is 2.07. The first-order valence-corrected chi connectivity index (χ1v) is 4.10. The van der Waals surface area contributed by atoms with Gasteiger partial charge in [-0.05, 0) is 19.1 Å². The Kier molecular flexibility index (Phi) is 2.92. The van der Waals surface area contributed by atoms with Crippen LogP contribution in [0.1, 0.15) is 6.92 Å². The van der Waals surface area contributed by atoms with Gasteiger partial charge in [0.2, 0.25) is 0 Å². The molecule has 0 fully saturated rings. The summed E-state index contributed by atoms with van der Waals surface area (Å²) in [5, 5.41) is 0. The zero-order valence-corrected chi connectivity index (χ0v) is 7.75. The number of anilines is 1. The fraction of sp³-hybridized carbons (Fsp3) is 0.273. The number of rotatable bonds is 3. The second-order valence-corrected chi connectivity index (χ2v) is 3.15. The lowest BCUT2D eigenvalue weighted by atomic mass is 10.2. The third-order valence-electron chi connectivity index (χ3n) is 1.70. The molecule has 0 atom stereocenters. The molecule has 0 radical (unpaired) electrons. The maximum atomic E-state index is 3.88. The molecule has 1 rings (SSSR count). The Hall–Kier alpha value is -1.24. The van der Waals surface area contributed by atoms with E-state index in [9.17, 15) is 0 Å². The van der Waals surface area contributed by atoms with Gasteiger partial charge in [-0.25, -0.2) is 0 Å². The van der Waals surface area contributed by atoms with Gasteiger partial charge in [-0.2, -0.15) is 0 Å². The van der Waals surface area contributed by atoms with Crippen LogP contribution in [-0.4, -0.2) is 13.6 Å². The van der Waals surface area contributed by atoms with Gasteiger partial charge in [0.15, 0.2) is 0 Å². The summed E-state index contributed by atoms with van der Waals surface area (Å²) in [6, 6.07) is 10.3. The quantitative estimate of drug-likeness (QED) is 0.616. The monoisotopic (exact) mass is 161 g/mol. The Morgan fingerprint density at radius 2 is 1.92 bits per heavy atom. The van der Waals surface area contributed by atoms with Crippen molar-refractivity contribution in [2.75, 3.05) is 18.5 Å². The highest BCUT2D eigenvalue weighted by Gasteiger charge is 1.97. The van der Waals surface area contributed by atoms with Crippen LogP contribution >= 0.6 is 0 Å². The average Bonchev–Trinajstić information content (AvgIpc) is 2.05. The zero-order chi connectivity index (χ0) is 8.97. The molecule has 0 N–H and O–H groups in total. The Morgan fingerprint density at radius 1 is 1.33 bits per heavy atom. The van der Waals surface area contributed by atoms with Crippen LogP contribution in [0.4, 0.5) is 5.69 Å². The molecule has 0 aliphatic rings. The second kappa shape index (κ2) is 3.96. The van der Waals surface area contributed by atoms with Crippen LogP contribution in [0.5, 0.6) is 0 Å². The lowest BCUT2D eigenvalue weighted by Crippen LogP contribution is -2.18. The van der Waals surface area contributed by atoms with Crippen LogP contribution in [0.2, 0.25) is 0 Å². The molecule has 0 aromatic heterocycles. The molecule has 0 aliphatic carbocycles. The summed E-state index contributed by atoms with van der Waals surface area (Å²) in [5.41, 5.74) is 2.42. The predicted molar refractivity (Wildman–Crippen MR) is 54.5 cm³/mol. The van der Waals surface area contributed by atoms with E-state index in [1.165, 1.54) is 11.3 Å². The number of hydrogen-bond acceptors (Lipinski definition) is 1. The summed E-state index contributed by atoms with van der Waals surface area (Å²) in [4.78, 5) is 2.18. The van der Waals surface area contributed by atoms with Crippen molar-refractivity contribution >= 4 is 5.69 Å². The lowest BCUT2D eigenvalue weighted by Gasteiger charge is -2.18. The van der Waals surface area contributed by atoms with Crippen LogP contribution in [0.3, 0.4) is 0 Å². The van der Waals surface area contributed by atoms with E-state index in [0.29, 0.717) is 0 Å². The Morgan fingerprint density at radius 3 is 2.42 bits per heavy atom. The van der Waals surface area contributed by atoms with Gasteiger partial charge < -0.3 is 4.90 Å². The molecule has 0 saturated heterocycles. The predicted octanol–water partition coefficient (Wildman–Crippen LogP) is 2.70. The first-order valence-electron chi connectivity index (χ1n) is 4.10. The molecule has 0 bridgehead atoms. The fourth-order valence-corrected chi connectivity index (χ4v) is 1.18. The highest BCUT2D eigenvalue weighted by molar-refractivity contribution is 5.45. The van der Waals surface area contributed by atoms with Gasteiger partial charge in [-0.3, -0.25) is 0 Å². The molecule has 0 amide bonds. The number of likely N-dealkylation sites (N-methyl/N-ethyl adjacent to an activating group) is 1. The number of benzene rings is 1. The number of para-hydroxylation sites is 1. The van der Waals surface area contributed by atoms with Crippen molar-refractivity contribution in [2.45, 2.75) is 6.92 Å². The van der Waals surface area contributed by atoms with Gasteiger partial charge >= 0.3 is 0 Å². The van der Waals surface area contributed by atoms with E-state index in [1.807, 2.05) is 25.1 Å². The summed E-state index contributed by atoms with van der Waals surface area (Å²) in [6.07, 6.45) is 0. The van der Waals surface area contributed by atoms with Gasteiger partial charge in [0.25, 0.3) is 0 Å². The Labute approximate surface area is 74.3 Å². The highest BCUT2D eigenvalue weighted by atomic mass is 15.1. The standard InChI is InChI=1S/C11H15N/c1-10(2)9-12(3)11-7-5-4-6-8-11/h4-8H,1,9H2,2-3H3. The van der Waals surface area contributed by atoms with Gasteiger partial charge in [0, 0.05) is 19.3 Å². The van der Waals surface area contributed by atoms with Crippen molar-refractivity contribution in [3.63, 3.8) is 0 Å². The first kappa shape index (κ1) is 8.85. The average molecular weight is 161 g/mol. The van der Waals surface area contributed by atoms with Gasteiger partial charge in [-0.1, -0.05) is 30.4 Å². The SMILES string of the molecule is C=C(C)CN(C)c1ccccc1. The molecule has 0 heterocycles. The third kappa shape index (κ3) is 2.42. The number of hydrogen-bond donors (Lipinski definition) is 0. The van der Waals surface area contributed by atoms with E-state index in [0.717, 1.165) is 6.54 Å². The van der Waals surface area contributed by atoms with Gasteiger partial charge in [-0.15, -0.1) is 0 Å². The van der Waals surface area contributed by atoms with Gasteiger partial charge in [0.05, 0.1) is 0 Å². The molecule has 1 nitrogen and oxygen atoms in total. The van der Waals surface area contributed by atoms with Gasteiger partial charge in [0.1, 0.15) is 0 Å². The molecule has 1 aromatic rings. The van der Waals surface area contributed by atoms with E-state index in [1.54, 1.807) is 0 Å². The fourth-order valence-electron chi connectivity index (χ4n) is 1.18. The molecule has 64 valence electrons. The summed E-state index contributed by atoms with van der Waals surface area (Å²) >= 11 is 0. The van der Waals surface area contributed by atoms with Crippen molar-refractivity contribution < 1.29 is 0 Å². The van der Waals surface area contributed by atoms with Crippen molar-refractivity contribution in [1.82, 2.24) is 0 Å². The van der Waals surface area contributed by atoms with Crippen molar-refractivity contribution in [3.8, 4) is 0 Å². The summed E-state index contributed by atoms with van der Waals surface area (Å²) < 4.78 is 0. The van der Waals surface area contributed by atoms with Crippen molar-refractivity contribution in [2.24, 2.45) is 0 Å². The van der Waals surface area contributed by atoms with E-state index in [4.69, 9.17) is 0 Å². The lowest BCUT2D eigenvalue weighted by molar-refractivity contribution is 0.986. The molecule has 1 heteroatoms. The smallest absolute Gasteiger partial charge is 0.0380 e. The molecular weight excluding hydrogens is 146 g/mol. The molecular formula is C11H15N. The minimum absolute atomic E-state index is 0.921. The molecule has 0 aliphatic heterocycles. The third-order valence-corrected chi connectivity index (χ3v) is 1.70. The first-order chi connectivity index (χ1) is 5.70. The zero-order valence-electron chi connectivity index (χ0n) is 7.75. The number of nitrogens with zero attached hydrogens (tertiary/aromatic N) is 1. The Balaban J connectivity index is 2.65. The van der Waals surface area contributed by atoms with E-state index in [-0.39, 0.29) is 0 Å². The largest absolute Gasteiger partial charge is 0.371 e. The minimum atomic E-state index is 0.921. The van der Waals surface area contributed by atoms with E-state index >= 15 is 0 Å². The molecule has 12 heavy (non-hydrogen) atoms. The summed E-state index contributed by atoms with van der Waals surface area (Å²) in [5.74, 6) is 0. The van der Waals surface area contributed by atoms with Crippen molar-refractivity contribution in [1.29, 1.82) is 0 Å².